The molecule has 1 aromatic carbocycles. The molecule has 0 fully saturated rings. The Morgan fingerprint density at radius 2 is 1.77 bits per heavy atom. The van der Waals surface area contributed by atoms with E-state index in [4.69, 9.17) is 0 Å². The van der Waals surface area contributed by atoms with Gasteiger partial charge in [-0.05, 0) is 49.7 Å². The Hall–Kier alpha value is -1.68. The summed E-state index contributed by atoms with van der Waals surface area (Å²) in [5, 5.41) is 9.02. The molecule has 26 heavy (non-hydrogen) atoms. The van der Waals surface area contributed by atoms with Gasteiger partial charge in [-0.2, -0.15) is 0 Å². The van der Waals surface area contributed by atoms with Crippen LogP contribution in [-0.4, -0.2) is 25.0 Å². The molecule has 0 aliphatic carbocycles. The zero-order valence-electron chi connectivity index (χ0n) is 14.8. The summed E-state index contributed by atoms with van der Waals surface area (Å²) in [6.45, 7) is 5.45. The van der Waals surface area contributed by atoms with E-state index in [9.17, 15) is 9.18 Å². The van der Waals surface area contributed by atoms with E-state index in [0.29, 0.717) is 24.7 Å². The van der Waals surface area contributed by atoms with E-state index < -0.39 is 0 Å². The Kier molecular flexibility index (Phi) is 10.2. The van der Waals surface area contributed by atoms with Crippen LogP contribution in [0.1, 0.15) is 23.6 Å². The van der Waals surface area contributed by atoms with Crippen LogP contribution < -0.4 is 16.0 Å². The monoisotopic (exact) mass is 490 g/mol. The van der Waals surface area contributed by atoms with Gasteiger partial charge in [-0.1, -0.05) is 6.92 Å². The third-order valence-electron chi connectivity index (χ3n) is 3.35. The molecule has 0 saturated carbocycles. The van der Waals surface area contributed by atoms with E-state index in [1.165, 1.54) is 34.0 Å². The molecule has 0 bridgehead atoms. The van der Waals surface area contributed by atoms with Crippen molar-refractivity contribution in [1.29, 1.82) is 0 Å². The number of benzene rings is 1. The molecule has 5 nitrogen and oxygen atoms in total. The lowest BCUT2D eigenvalue weighted by Gasteiger charge is -2.10. The van der Waals surface area contributed by atoms with Crippen LogP contribution in [0.15, 0.2) is 41.4 Å². The SMILES string of the molecule is CCNC(=NCC(=O)Nc1ccc(F)cc1)NCc1ccc(CC)s1.I. The van der Waals surface area contributed by atoms with Crippen molar-refractivity contribution in [3.05, 3.63) is 52.0 Å². The summed E-state index contributed by atoms with van der Waals surface area (Å²) in [4.78, 5) is 18.8. The van der Waals surface area contributed by atoms with Crippen molar-refractivity contribution >= 4 is 52.9 Å². The maximum absolute atomic E-state index is 12.9. The second-order valence-electron chi connectivity index (χ2n) is 5.33. The molecule has 0 spiro atoms. The minimum Gasteiger partial charge on any atom is -0.357 e. The van der Waals surface area contributed by atoms with Gasteiger partial charge in [0.1, 0.15) is 12.4 Å². The van der Waals surface area contributed by atoms with E-state index in [2.05, 4.69) is 40.0 Å². The molecule has 0 saturated heterocycles. The maximum atomic E-state index is 12.9. The summed E-state index contributed by atoms with van der Waals surface area (Å²) in [6, 6.07) is 9.86. The Bertz CT molecular complexity index is 718. The largest absolute Gasteiger partial charge is 0.357 e. The molecule has 1 amide bonds. The number of halogens is 2. The summed E-state index contributed by atoms with van der Waals surface area (Å²) in [5.41, 5.74) is 0.547. The standard InChI is InChI=1S/C18H23FN4OS.HI/c1-3-15-9-10-16(25-15)11-21-18(20-4-2)22-12-17(24)23-14-7-5-13(19)6-8-14;/h5-10H,3-4,11-12H2,1-2H3,(H,23,24)(H2,20,21,22);1H. The molecular formula is C18H24FIN4OS. The average Bonchev–Trinajstić information content (AvgIpc) is 3.07. The number of anilines is 1. The summed E-state index contributed by atoms with van der Waals surface area (Å²) in [6.07, 6.45) is 1.03. The molecule has 142 valence electrons. The van der Waals surface area contributed by atoms with Gasteiger partial charge in [0.15, 0.2) is 5.96 Å². The highest BCUT2D eigenvalue weighted by molar-refractivity contribution is 14.0. The fourth-order valence-electron chi connectivity index (χ4n) is 2.10. The van der Waals surface area contributed by atoms with Gasteiger partial charge in [0, 0.05) is 22.0 Å². The number of thiophene rings is 1. The van der Waals surface area contributed by atoms with Crippen LogP contribution in [0.3, 0.4) is 0 Å². The summed E-state index contributed by atoms with van der Waals surface area (Å²) in [7, 11) is 0. The number of aryl methyl sites for hydroxylation is 1. The Morgan fingerprint density at radius 1 is 1.08 bits per heavy atom. The molecule has 0 unspecified atom stereocenters. The Morgan fingerprint density at radius 3 is 2.38 bits per heavy atom. The predicted molar refractivity (Wildman–Crippen MR) is 117 cm³/mol. The van der Waals surface area contributed by atoms with Gasteiger partial charge in [0.05, 0.1) is 6.54 Å². The van der Waals surface area contributed by atoms with E-state index in [1.54, 1.807) is 11.3 Å². The van der Waals surface area contributed by atoms with Crippen molar-refractivity contribution in [1.82, 2.24) is 10.6 Å². The second kappa shape index (κ2) is 11.8. The first-order valence-corrected chi connectivity index (χ1v) is 9.07. The highest BCUT2D eigenvalue weighted by atomic mass is 127. The minimum absolute atomic E-state index is 0. The number of rotatable bonds is 7. The first kappa shape index (κ1) is 22.4. The number of carbonyl (C=O) groups excluding carboxylic acids is 1. The zero-order chi connectivity index (χ0) is 18.1. The van der Waals surface area contributed by atoms with Crippen molar-refractivity contribution in [3.8, 4) is 0 Å². The van der Waals surface area contributed by atoms with Crippen molar-refractivity contribution in [3.63, 3.8) is 0 Å². The predicted octanol–water partition coefficient (Wildman–Crippen LogP) is 3.76. The molecule has 0 aliphatic heterocycles. The third kappa shape index (κ3) is 7.69. The topological polar surface area (TPSA) is 65.5 Å². The van der Waals surface area contributed by atoms with Crippen LogP contribution >= 0.6 is 35.3 Å². The van der Waals surface area contributed by atoms with Crippen molar-refractivity contribution in [2.24, 2.45) is 4.99 Å². The quantitative estimate of drug-likeness (QED) is 0.315. The van der Waals surface area contributed by atoms with Crippen molar-refractivity contribution in [2.45, 2.75) is 26.8 Å². The molecule has 8 heteroatoms. The van der Waals surface area contributed by atoms with Gasteiger partial charge in [-0.25, -0.2) is 9.38 Å². The van der Waals surface area contributed by atoms with Crippen LogP contribution in [0.2, 0.25) is 0 Å². The van der Waals surface area contributed by atoms with Gasteiger partial charge >= 0.3 is 0 Å². The van der Waals surface area contributed by atoms with E-state index in [-0.39, 0.29) is 42.2 Å². The first-order chi connectivity index (χ1) is 12.1. The number of amides is 1. The Labute approximate surface area is 174 Å². The number of hydrogen-bond acceptors (Lipinski definition) is 3. The number of aliphatic imine (C=N–C) groups is 1. The summed E-state index contributed by atoms with van der Waals surface area (Å²) < 4.78 is 12.9. The molecule has 0 aliphatic rings. The maximum Gasteiger partial charge on any atom is 0.246 e. The lowest BCUT2D eigenvalue weighted by Crippen LogP contribution is -2.37. The van der Waals surface area contributed by atoms with Crippen LogP contribution in [0.5, 0.6) is 0 Å². The van der Waals surface area contributed by atoms with E-state index in [1.807, 2.05) is 6.92 Å². The fourth-order valence-corrected chi connectivity index (χ4v) is 3.00. The van der Waals surface area contributed by atoms with Crippen LogP contribution in [0.4, 0.5) is 10.1 Å². The number of hydrogen-bond donors (Lipinski definition) is 3. The summed E-state index contributed by atoms with van der Waals surface area (Å²) in [5.74, 6) is -0.00846. The van der Waals surface area contributed by atoms with E-state index >= 15 is 0 Å². The normalized spacial score (nSPS) is 10.8. The second-order valence-corrected chi connectivity index (χ2v) is 6.58. The molecule has 0 radical (unpaired) electrons. The first-order valence-electron chi connectivity index (χ1n) is 8.26. The minimum atomic E-state index is -0.338. The fraction of sp³-hybridized carbons (Fsp3) is 0.333. The molecule has 3 N–H and O–H groups in total. The lowest BCUT2D eigenvalue weighted by atomic mass is 10.3. The number of nitrogens with zero attached hydrogens (tertiary/aromatic N) is 1. The van der Waals surface area contributed by atoms with Gasteiger partial charge in [-0.3, -0.25) is 4.79 Å². The molecule has 2 aromatic rings. The average molecular weight is 490 g/mol. The highest BCUT2D eigenvalue weighted by Gasteiger charge is 2.04. The van der Waals surface area contributed by atoms with Crippen molar-refractivity contribution in [2.75, 3.05) is 18.4 Å². The third-order valence-corrected chi connectivity index (χ3v) is 4.58. The summed E-state index contributed by atoms with van der Waals surface area (Å²) >= 11 is 1.77. The van der Waals surface area contributed by atoms with E-state index in [0.717, 1.165) is 6.42 Å². The molecule has 1 aromatic heterocycles. The molecule has 1 heterocycles. The number of nitrogens with one attached hydrogen (secondary N) is 3. The number of guanidine groups is 1. The zero-order valence-corrected chi connectivity index (χ0v) is 18.0. The van der Waals surface area contributed by atoms with Crippen molar-refractivity contribution < 1.29 is 9.18 Å². The van der Waals surface area contributed by atoms with Crippen LogP contribution in [0, 0.1) is 5.82 Å². The Balaban J connectivity index is 0.00000338. The van der Waals surface area contributed by atoms with Gasteiger partial charge < -0.3 is 16.0 Å². The molecule has 0 atom stereocenters. The molecular weight excluding hydrogens is 466 g/mol. The van der Waals surface area contributed by atoms with Gasteiger partial charge in [0.2, 0.25) is 5.91 Å². The van der Waals surface area contributed by atoms with Gasteiger partial charge in [-0.15, -0.1) is 35.3 Å². The van der Waals surface area contributed by atoms with Crippen LogP contribution in [-0.2, 0) is 17.8 Å². The smallest absolute Gasteiger partial charge is 0.246 e. The number of carbonyl (C=O) groups is 1. The lowest BCUT2D eigenvalue weighted by molar-refractivity contribution is -0.114. The molecule has 2 rings (SSSR count). The van der Waals surface area contributed by atoms with Crippen LogP contribution in [0.25, 0.3) is 0 Å². The highest BCUT2D eigenvalue weighted by Crippen LogP contribution is 2.16. The van der Waals surface area contributed by atoms with Gasteiger partial charge in [0.25, 0.3) is 0 Å².